The van der Waals surface area contributed by atoms with Gasteiger partial charge in [-0.15, -0.1) is 0 Å². The Morgan fingerprint density at radius 1 is 0.250 bits per heavy atom. The summed E-state index contributed by atoms with van der Waals surface area (Å²) in [6.45, 7) is 15.3. The predicted octanol–water partition coefficient (Wildman–Crippen LogP) is 25.1. The third-order valence-electron chi connectivity index (χ3n) is 16.4. The molecule has 0 saturated carbocycles. The first-order chi connectivity index (χ1) is 39.2. The molecule has 80 heavy (non-hydrogen) atoms. The molecule has 0 amide bonds. The quantitative estimate of drug-likeness (QED) is 0.0261. The van der Waals surface area contributed by atoms with Crippen molar-refractivity contribution in [3.8, 4) is 0 Å². The zero-order valence-electron chi connectivity index (χ0n) is 55.4. The van der Waals surface area contributed by atoms with Crippen LogP contribution >= 0.6 is 0 Å². The number of carbonyl (C=O) groups excluding carboxylic acids is 3. The lowest BCUT2D eigenvalue weighted by Crippen LogP contribution is -2.06. The Labute approximate surface area is 502 Å². The highest BCUT2D eigenvalue weighted by molar-refractivity contribution is 5.91. The SMILES string of the molecule is CC(C)CCCCCCCCCCCCCCCOC(=O)/C=C/C(=O)OCCCCCCCCCCCCCCCC(C)C.CCCCCCCCCCCCCCCCCC(=O)OCCCCCCCCCCCCCCCC. The molecule has 0 spiro atoms. The van der Waals surface area contributed by atoms with Crippen molar-refractivity contribution >= 4 is 17.9 Å². The van der Waals surface area contributed by atoms with Crippen LogP contribution in [0, 0.1) is 11.8 Å². The number of carbonyl (C=O) groups is 3. The minimum atomic E-state index is -0.455. The molecule has 0 radical (unpaired) electrons. The van der Waals surface area contributed by atoms with Crippen LogP contribution in [0.4, 0.5) is 0 Å². The van der Waals surface area contributed by atoms with Gasteiger partial charge in [0, 0.05) is 18.6 Å². The summed E-state index contributed by atoms with van der Waals surface area (Å²) in [7, 11) is 0. The van der Waals surface area contributed by atoms with Crippen LogP contribution in [-0.4, -0.2) is 37.7 Å². The second kappa shape index (κ2) is 71.4. The number of unbranched alkanes of at least 4 members (excludes halogenated alkanes) is 51. The molecule has 0 N–H and O–H groups in total. The Balaban J connectivity index is 0. The van der Waals surface area contributed by atoms with Crippen LogP contribution in [0.25, 0.3) is 0 Å². The van der Waals surface area contributed by atoms with Crippen molar-refractivity contribution in [3.05, 3.63) is 12.2 Å². The van der Waals surface area contributed by atoms with Gasteiger partial charge in [0.05, 0.1) is 19.8 Å². The first-order valence-corrected chi connectivity index (χ1v) is 36.4. The fourth-order valence-corrected chi connectivity index (χ4v) is 11.0. The molecular weight excluding hydrogens is 985 g/mol. The minimum Gasteiger partial charge on any atom is -0.466 e. The maximum Gasteiger partial charge on any atom is 0.331 e. The lowest BCUT2D eigenvalue weighted by Gasteiger charge is -2.06. The molecule has 0 unspecified atom stereocenters. The normalized spacial score (nSPS) is 11.5. The van der Waals surface area contributed by atoms with Crippen LogP contribution in [0.1, 0.15) is 414 Å². The smallest absolute Gasteiger partial charge is 0.331 e. The molecule has 476 valence electrons. The van der Waals surface area contributed by atoms with E-state index in [9.17, 15) is 14.4 Å². The molecule has 0 heterocycles. The van der Waals surface area contributed by atoms with Crippen LogP contribution < -0.4 is 0 Å². The van der Waals surface area contributed by atoms with E-state index in [-0.39, 0.29) is 5.97 Å². The molecular formula is C74H144O6. The van der Waals surface area contributed by atoms with E-state index in [0.717, 1.165) is 50.4 Å². The van der Waals surface area contributed by atoms with Crippen molar-refractivity contribution in [2.75, 3.05) is 19.8 Å². The summed E-state index contributed by atoms with van der Waals surface area (Å²) in [5, 5.41) is 0. The standard InChI is InChI=1S/C40H76O4.C34H68O2/c1-37(2)31-27-23-19-15-11-7-5-9-13-17-21-25-29-35-43-39(41)33-34-40(42)44-36-30-26-22-18-14-10-6-8-12-16-20-24-28-32-38(3)4;1-3-5-7-9-11-13-15-17-19-20-22-24-26-28-30-32-34(35)36-33-31-29-27-25-23-21-18-16-14-12-10-8-6-4-2/h33-34,37-38H,5-32,35-36H2,1-4H3;3-33H2,1-2H3/b34-33+;. The van der Waals surface area contributed by atoms with E-state index < -0.39 is 11.9 Å². The van der Waals surface area contributed by atoms with Crippen molar-refractivity contribution in [1.82, 2.24) is 0 Å². The average Bonchev–Trinajstić information content (AvgIpc) is 3.44. The van der Waals surface area contributed by atoms with E-state index >= 15 is 0 Å². The first kappa shape index (κ1) is 80.2. The number of hydrogen-bond donors (Lipinski definition) is 0. The van der Waals surface area contributed by atoms with Gasteiger partial charge < -0.3 is 14.2 Å². The van der Waals surface area contributed by atoms with E-state index in [2.05, 4.69) is 41.5 Å². The van der Waals surface area contributed by atoms with Gasteiger partial charge in [-0.05, 0) is 37.5 Å². The van der Waals surface area contributed by atoms with Gasteiger partial charge in [-0.1, -0.05) is 382 Å². The van der Waals surface area contributed by atoms with Gasteiger partial charge in [0.2, 0.25) is 0 Å². The predicted molar refractivity (Wildman–Crippen MR) is 351 cm³/mol. The lowest BCUT2D eigenvalue weighted by molar-refractivity contribution is -0.144. The van der Waals surface area contributed by atoms with Crippen molar-refractivity contribution in [2.24, 2.45) is 11.8 Å². The third kappa shape index (κ3) is 76.1. The van der Waals surface area contributed by atoms with E-state index in [1.54, 1.807) is 0 Å². The Bertz CT molecular complexity index is 1140. The van der Waals surface area contributed by atoms with Gasteiger partial charge in [-0.3, -0.25) is 4.79 Å². The van der Waals surface area contributed by atoms with Crippen LogP contribution in [-0.2, 0) is 28.6 Å². The topological polar surface area (TPSA) is 78.9 Å². The fraction of sp³-hybridized carbons (Fsp3) is 0.932. The molecule has 6 heteroatoms. The fourth-order valence-electron chi connectivity index (χ4n) is 11.0. The van der Waals surface area contributed by atoms with E-state index in [0.29, 0.717) is 26.2 Å². The van der Waals surface area contributed by atoms with Crippen molar-refractivity contribution in [1.29, 1.82) is 0 Å². The highest BCUT2D eigenvalue weighted by atomic mass is 16.5. The lowest BCUT2D eigenvalue weighted by atomic mass is 10.0. The molecule has 0 saturated heterocycles. The highest BCUT2D eigenvalue weighted by Crippen LogP contribution is 2.19. The van der Waals surface area contributed by atoms with Crippen molar-refractivity contribution in [2.45, 2.75) is 414 Å². The molecule has 0 aromatic rings. The van der Waals surface area contributed by atoms with Gasteiger partial charge in [-0.2, -0.15) is 0 Å². The van der Waals surface area contributed by atoms with Crippen molar-refractivity contribution < 1.29 is 28.6 Å². The van der Waals surface area contributed by atoms with Crippen LogP contribution in [0.5, 0.6) is 0 Å². The average molecular weight is 1130 g/mol. The molecule has 0 aliphatic rings. The molecule has 0 aliphatic heterocycles. The highest BCUT2D eigenvalue weighted by Gasteiger charge is 2.05. The molecule has 6 nitrogen and oxygen atoms in total. The molecule has 0 aromatic carbocycles. The molecule has 0 atom stereocenters. The first-order valence-electron chi connectivity index (χ1n) is 36.4. The Morgan fingerprint density at radius 2 is 0.438 bits per heavy atom. The number of ether oxygens (including phenoxy) is 3. The maximum absolute atomic E-state index is 11.9. The summed E-state index contributed by atoms with van der Waals surface area (Å²) in [6.07, 6.45) is 79.1. The number of rotatable bonds is 65. The van der Waals surface area contributed by atoms with E-state index in [4.69, 9.17) is 14.2 Å². The molecule has 0 aliphatic carbocycles. The largest absolute Gasteiger partial charge is 0.466 e. The third-order valence-corrected chi connectivity index (χ3v) is 16.4. The molecule has 0 rings (SSSR count). The Kier molecular flexibility index (Phi) is 71.6. The summed E-state index contributed by atoms with van der Waals surface area (Å²) in [5.74, 6) is 0.825. The van der Waals surface area contributed by atoms with Crippen molar-refractivity contribution in [3.63, 3.8) is 0 Å². The van der Waals surface area contributed by atoms with Gasteiger partial charge in [0.1, 0.15) is 0 Å². The number of esters is 3. The van der Waals surface area contributed by atoms with E-state index in [1.165, 1.54) is 340 Å². The molecule has 0 aromatic heterocycles. The van der Waals surface area contributed by atoms with Crippen LogP contribution in [0.3, 0.4) is 0 Å². The maximum atomic E-state index is 11.9. The van der Waals surface area contributed by atoms with Gasteiger partial charge in [0.25, 0.3) is 0 Å². The zero-order valence-corrected chi connectivity index (χ0v) is 55.4. The van der Waals surface area contributed by atoms with Gasteiger partial charge >= 0.3 is 17.9 Å². The second-order valence-corrected chi connectivity index (χ2v) is 25.7. The van der Waals surface area contributed by atoms with E-state index in [1.807, 2.05) is 0 Å². The number of hydrogen-bond acceptors (Lipinski definition) is 6. The minimum absolute atomic E-state index is 0.0272. The summed E-state index contributed by atoms with van der Waals surface area (Å²) in [5.41, 5.74) is 0. The second-order valence-electron chi connectivity index (χ2n) is 25.7. The monoisotopic (exact) mass is 1130 g/mol. The van der Waals surface area contributed by atoms with Gasteiger partial charge in [0.15, 0.2) is 0 Å². The Hall–Kier alpha value is -1.85. The van der Waals surface area contributed by atoms with Crippen LogP contribution in [0.2, 0.25) is 0 Å². The van der Waals surface area contributed by atoms with Gasteiger partial charge in [-0.25, -0.2) is 9.59 Å². The zero-order chi connectivity index (χ0) is 58.6. The Morgan fingerprint density at radius 3 is 0.662 bits per heavy atom. The molecule has 0 fully saturated rings. The molecule has 0 bridgehead atoms. The summed E-state index contributed by atoms with van der Waals surface area (Å²) in [4.78, 5) is 35.5. The van der Waals surface area contributed by atoms with Crippen LogP contribution in [0.15, 0.2) is 12.2 Å². The summed E-state index contributed by atoms with van der Waals surface area (Å²) >= 11 is 0. The summed E-state index contributed by atoms with van der Waals surface area (Å²) in [6, 6.07) is 0. The summed E-state index contributed by atoms with van der Waals surface area (Å²) < 4.78 is 15.9.